The van der Waals surface area contributed by atoms with Crippen LogP contribution in [0.1, 0.15) is 42.9 Å². The van der Waals surface area contributed by atoms with E-state index in [4.69, 9.17) is 0 Å². The number of amides is 1. The van der Waals surface area contributed by atoms with Crippen molar-refractivity contribution in [2.75, 3.05) is 5.32 Å². The van der Waals surface area contributed by atoms with E-state index < -0.39 is 0 Å². The second-order valence-electron chi connectivity index (χ2n) is 5.32. The largest absolute Gasteiger partial charge is 0.309 e. The zero-order chi connectivity index (χ0) is 14.1. The number of pyridine rings is 1. The normalized spacial score (nSPS) is 15.9. The third kappa shape index (κ3) is 2.43. The fourth-order valence-corrected chi connectivity index (χ4v) is 2.41. The fourth-order valence-electron chi connectivity index (χ4n) is 2.41. The molecule has 0 radical (unpaired) electrons. The molecule has 0 bridgehead atoms. The van der Waals surface area contributed by atoms with Gasteiger partial charge in [0.25, 0.3) is 0 Å². The quantitative estimate of drug-likeness (QED) is 0.929. The molecule has 1 atom stereocenters. The molecule has 2 heterocycles. The minimum Gasteiger partial charge on any atom is -0.309 e. The average Bonchev–Trinajstić information content (AvgIpc) is 3.11. The van der Waals surface area contributed by atoms with Crippen molar-refractivity contribution < 1.29 is 4.79 Å². The molecule has 3 rings (SSSR count). The van der Waals surface area contributed by atoms with Crippen LogP contribution < -0.4 is 5.32 Å². The maximum absolute atomic E-state index is 12.3. The number of aryl methyl sites for hydroxylation is 1. The zero-order valence-electron chi connectivity index (χ0n) is 11.7. The molecular weight excluding hydrogens is 252 g/mol. The summed E-state index contributed by atoms with van der Waals surface area (Å²) in [6, 6.07) is 3.46. The zero-order valence-corrected chi connectivity index (χ0v) is 11.7. The summed E-state index contributed by atoms with van der Waals surface area (Å²) in [5.41, 5.74) is 2.39. The van der Waals surface area contributed by atoms with E-state index in [9.17, 15) is 4.79 Å². The first-order valence-electron chi connectivity index (χ1n) is 6.92. The second kappa shape index (κ2) is 5.07. The van der Waals surface area contributed by atoms with E-state index in [1.165, 1.54) is 24.0 Å². The topological polar surface area (TPSA) is 59.8 Å². The van der Waals surface area contributed by atoms with Crippen molar-refractivity contribution in [1.29, 1.82) is 0 Å². The van der Waals surface area contributed by atoms with E-state index in [0.29, 0.717) is 11.7 Å². The molecule has 1 aliphatic rings. The van der Waals surface area contributed by atoms with Gasteiger partial charge in [-0.05, 0) is 50.3 Å². The summed E-state index contributed by atoms with van der Waals surface area (Å²) < 4.78 is 1.64. The van der Waals surface area contributed by atoms with Crippen molar-refractivity contribution >= 4 is 11.7 Å². The predicted molar refractivity (Wildman–Crippen MR) is 76.5 cm³/mol. The minimum absolute atomic E-state index is 0.0892. The summed E-state index contributed by atoms with van der Waals surface area (Å²) in [6.45, 7) is 3.90. The van der Waals surface area contributed by atoms with Crippen molar-refractivity contribution in [3.8, 4) is 0 Å². The summed E-state index contributed by atoms with van der Waals surface area (Å²) in [4.78, 5) is 16.6. The molecule has 1 aliphatic carbocycles. The van der Waals surface area contributed by atoms with Gasteiger partial charge in [0.1, 0.15) is 11.9 Å². The number of carbonyl (C=O) groups excluding carboxylic acids is 1. The lowest BCUT2D eigenvalue weighted by atomic mass is 10.1. The van der Waals surface area contributed by atoms with Crippen molar-refractivity contribution in [3.05, 3.63) is 41.9 Å². The monoisotopic (exact) mass is 270 g/mol. The Bertz CT molecular complexity index is 617. The number of anilines is 1. The number of rotatable bonds is 4. The van der Waals surface area contributed by atoms with Gasteiger partial charge in [0.2, 0.25) is 5.91 Å². The first kappa shape index (κ1) is 12.8. The molecule has 1 amide bonds. The maximum Gasteiger partial charge on any atom is 0.250 e. The van der Waals surface area contributed by atoms with E-state index >= 15 is 0 Å². The number of carbonyl (C=O) groups is 1. The lowest BCUT2D eigenvalue weighted by molar-refractivity contribution is -0.119. The molecule has 5 heteroatoms. The molecule has 2 aromatic heterocycles. The minimum atomic E-state index is -0.348. The van der Waals surface area contributed by atoms with Gasteiger partial charge in [0, 0.05) is 24.2 Å². The van der Waals surface area contributed by atoms with E-state index in [0.717, 1.165) is 0 Å². The van der Waals surface area contributed by atoms with Crippen LogP contribution in [0.4, 0.5) is 5.82 Å². The van der Waals surface area contributed by atoms with Gasteiger partial charge in [-0.1, -0.05) is 0 Å². The molecule has 0 spiro atoms. The summed E-state index contributed by atoms with van der Waals surface area (Å²) in [7, 11) is 0. The Morgan fingerprint density at radius 2 is 2.25 bits per heavy atom. The Kier molecular flexibility index (Phi) is 3.26. The molecule has 0 aliphatic heterocycles. The van der Waals surface area contributed by atoms with Gasteiger partial charge in [-0.2, -0.15) is 5.10 Å². The first-order chi connectivity index (χ1) is 9.66. The van der Waals surface area contributed by atoms with E-state index in [1.54, 1.807) is 23.3 Å². The van der Waals surface area contributed by atoms with Crippen LogP contribution in [0.2, 0.25) is 0 Å². The predicted octanol–water partition coefficient (Wildman–Crippen LogP) is 2.66. The lowest BCUT2D eigenvalue weighted by Crippen LogP contribution is -2.25. The van der Waals surface area contributed by atoms with Crippen LogP contribution in [0.25, 0.3) is 0 Å². The van der Waals surface area contributed by atoms with Gasteiger partial charge in [0.15, 0.2) is 0 Å². The highest BCUT2D eigenvalue weighted by molar-refractivity contribution is 5.93. The van der Waals surface area contributed by atoms with Crippen LogP contribution in [-0.2, 0) is 4.79 Å². The molecule has 1 unspecified atom stereocenters. The molecule has 5 nitrogen and oxygen atoms in total. The highest BCUT2D eigenvalue weighted by atomic mass is 16.2. The van der Waals surface area contributed by atoms with Crippen molar-refractivity contribution in [2.24, 2.45) is 0 Å². The van der Waals surface area contributed by atoms with Crippen LogP contribution in [0.3, 0.4) is 0 Å². The Morgan fingerprint density at radius 1 is 1.45 bits per heavy atom. The van der Waals surface area contributed by atoms with Crippen LogP contribution in [-0.4, -0.2) is 20.7 Å². The number of nitrogens with one attached hydrogen (secondary N) is 1. The van der Waals surface area contributed by atoms with Gasteiger partial charge < -0.3 is 5.32 Å². The summed E-state index contributed by atoms with van der Waals surface area (Å²) in [5.74, 6) is 1.17. The highest BCUT2D eigenvalue weighted by Crippen LogP contribution is 2.44. The molecule has 1 N–H and O–H groups in total. The number of aromatic nitrogens is 3. The fraction of sp³-hybridized carbons (Fsp3) is 0.400. The molecule has 2 aromatic rings. The molecule has 1 fully saturated rings. The molecule has 0 aromatic carbocycles. The number of hydrogen-bond donors (Lipinski definition) is 1. The van der Waals surface area contributed by atoms with Crippen LogP contribution >= 0.6 is 0 Å². The molecule has 0 saturated heterocycles. The van der Waals surface area contributed by atoms with E-state index in [1.807, 2.05) is 19.1 Å². The van der Waals surface area contributed by atoms with Crippen LogP contribution in [0.5, 0.6) is 0 Å². The van der Waals surface area contributed by atoms with Crippen molar-refractivity contribution in [3.63, 3.8) is 0 Å². The van der Waals surface area contributed by atoms with Gasteiger partial charge >= 0.3 is 0 Å². The summed E-state index contributed by atoms with van der Waals surface area (Å²) in [5, 5.41) is 7.05. The van der Waals surface area contributed by atoms with Crippen molar-refractivity contribution in [1.82, 2.24) is 14.8 Å². The number of nitrogens with zero attached hydrogens (tertiary/aromatic N) is 3. The molecule has 20 heavy (non-hydrogen) atoms. The lowest BCUT2D eigenvalue weighted by Gasteiger charge is -2.15. The Balaban J connectivity index is 1.81. The Hall–Kier alpha value is -2.17. The molecule has 1 saturated carbocycles. The average molecular weight is 270 g/mol. The summed E-state index contributed by atoms with van der Waals surface area (Å²) in [6.07, 6.45) is 7.57. The Morgan fingerprint density at radius 3 is 2.90 bits per heavy atom. The molecular formula is C15H18N4O. The third-order valence-electron chi connectivity index (χ3n) is 3.74. The molecule has 104 valence electrons. The maximum atomic E-state index is 12.3. The van der Waals surface area contributed by atoms with Crippen LogP contribution in [0.15, 0.2) is 30.7 Å². The second-order valence-corrected chi connectivity index (χ2v) is 5.32. The third-order valence-corrected chi connectivity index (χ3v) is 3.74. The SMILES string of the molecule is Cc1ccnc(NC(=O)C(C)n2cccn2)c1C1CC1. The van der Waals surface area contributed by atoms with E-state index in [-0.39, 0.29) is 11.9 Å². The number of hydrogen-bond acceptors (Lipinski definition) is 3. The summed E-state index contributed by atoms with van der Waals surface area (Å²) >= 11 is 0. The first-order valence-corrected chi connectivity index (χ1v) is 6.92. The standard InChI is InChI=1S/C15H18N4O/c1-10-6-8-16-14(13(10)12-4-5-12)18-15(20)11(2)19-9-3-7-17-19/h3,6-9,11-12H,4-5H2,1-2H3,(H,16,18,20). The smallest absolute Gasteiger partial charge is 0.250 e. The van der Waals surface area contributed by atoms with Gasteiger partial charge in [-0.25, -0.2) is 4.98 Å². The Labute approximate surface area is 118 Å². The van der Waals surface area contributed by atoms with Gasteiger partial charge in [0.05, 0.1) is 0 Å². The van der Waals surface area contributed by atoms with Gasteiger partial charge in [-0.15, -0.1) is 0 Å². The van der Waals surface area contributed by atoms with Crippen molar-refractivity contribution in [2.45, 2.75) is 38.6 Å². The highest BCUT2D eigenvalue weighted by Gasteiger charge is 2.29. The van der Waals surface area contributed by atoms with Crippen LogP contribution in [0, 0.1) is 6.92 Å². The van der Waals surface area contributed by atoms with Gasteiger partial charge in [-0.3, -0.25) is 9.48 Å². The van der Waals surface area contributed by atoms with E-state index in [2.05, 4.69) is 22.3 Å².